The highest BCUT2D eigenvalue weighted by atomic mass is 127. The van der Waals surface area contributed by atoms with Gasteiger partial charge in [-0.05, 0) is 36.2 Å². The predicted molar refractivity (Wildman–Crippen MR) is 115 cm³/mol. The third-order valence-electron chi connectivity index (χ3n) is 4.14. The molecule has 8 heteroatoms. The smallest absolute Gasteiger partial charge is 0.191 e. The van der Waals surface area contributed by atoms with Gasteiger partial charge < -0.3 is 15.5 Å². The molecule has 2 aromatic rings. The molecule has 2 heterocycles. The maximum atomic E-state index is 13.2. The van der Waals surface area contributed by atoms with E-state index in [-0.39, 0.29) is 35.8 Å². The van der Waals surface area contributed by atoms with Crippen molar-refractivity contribution in [3.8, 4) is 0 Å². The Hall–Kier alpha value is -1.61. The van der Waals surface area contributed by atoms with Gasteiger partial charge in [0.15, 0.2) is 5.96 Å². The van der Waals surface area contributed by atoms with Crippen LogP contribution in [0, 0.1) is 5.82 Å². The lowest BCUT2D eigenvalue weighted by Gasteiger charge is -2.20. The molecule has 3 rings (SSSR count). The SMILES string of the molecule is CN=C(NCc1cccc(F)c1)NC1CCN(c2ncccc2Cl)C1.I. The summed E-state index contributed by atoms with van der Waals surface area (Å²) in [6.45, 7) is 2.20. The molecule has 140 valence electrons. The highest BCUT2D eigenvalue weighted by molar-refractivity contribution is 14.0. The molecule has 0 saturated carbocycles. The summed E-state index contributed by atoms with van der Waals surface area (Å²) < 4.78 is 13.2. The summed E-state index contributed by atoms with van der Waals surface area (Å²) >= 11 is 6.22. The maximum absolute atomic E-state index is 13.2. The summed E-state index contributed by atoms with van der Waals surface area (Å²) in [7, 11) is 1.73. The van der Waals surface area contributed by atoms with Crippen molar-refractivity contribution in [3.05, 3.63) is 59.0 Å². The van der Waals surface area contributed by atoms with E-state index in [0.29, 0.717) is 17.5 Å². The molecular formula is C18H22ClFIN5. The Labute approximate surface area is 175 Å². The highest BCUT2D eigenvalue weighted by Gasteiger charge is 2.25. The Morgan fingerprint density at radius 1 is 1.38 bits per heavy atom. The van der Waals surface area contributed by atoms with Crippen LogP contribution in [-0.4, -0.2) is 37.1 Å². The fraction of sp³-hybridized carbons (Fsp3) is 0.333. The molecule has 1 unspecified atom stereocenters. The minimum Gasteiger partial charge on any atom is -0.353 e. The van der Waals surface area contributed by atoms with Crippen molar-refractivity contribution in [2.75, 3.05) is 25.0 Å². The van der Waals surface area contributed by atoms with Crippen LogP contribution in [0.4, 0.5) is 10.2 Å². The van der Waals surface area contributed by atoms with Crippen molar-refractivity contribution in [3.63, 3.8) is 0 Å². The van der Waals surface area contributed by atoms with Crippen LogP contribution < -0.4 is 15.5 Å². The molecule has 1 fully saturated rings. The Kier molecular flexibility index (Phi) is 7.89. The number of halogens is 3. The van der Waals surface area contributed by atoms with E-state index < -0.39 is 0 Å². The van der Waals surface area contributed by atoms with Gasteiger partial charge in [0.2, 0.25) is 0 Å². The highest BCUT2D eigenvalue weighted by Crippen LogP contribution is 2.25. The van der Waals surface area contributed by atoms with E-state index in [1.807, 2.05) is 18.2 Å². The quantitative estimate of drug-likeness (QED) is 0.393. The van der Waals surface area contributed by atoms with Gasteiger partial charge in [0.05, 0.1) is 5.02 Å². The van der Waals surface area contributed by atoms with Crippen LogP contribution in [0.1, 0.15) is 12.0 Å². The monoisotopic (exact) mass is 489 g/mol. The molecule has 26 heavy (non-hydrogen) atoms. The number of aromatic nitrogens is 1. The molecule has 1 aliphatic heterocycles. The number of nitrogens with zero attached hydrogens (tertiary/aromatic N) is 3. The zero-order valence-electron chi connectivity index (χ0n) is 14.5. The first kappa shape index (κ1) is 20.7. The van der Waals surface area contributed by atoms with Crippen molar-refractivity contribution in [2.24, 2.45) is 4.99 Å². The second-order valence-electron chi connectivity index (χ2n) is 5.94. The number of benzene rings is 1. The van der Waals surface area contributed by atoms with Crippen molar-refractivity contribution in [1.82, 2.24) is 15.6 Å². The number of aliphatic imine (C=N–C) groups is 1. The van der Waals surface area contributed by atoms with Crippen LogP contribution >= 0.6 is 35.6 Å². The number of nitrogens with one attached hydrogen (secondary N) is 2. The summed E-state index contributed by atoms with van der Waals surface area (Å²) in [6.07, 6.45) is 2.72. The van der Waals surface area contributed by atoms with Gasteiger partial charge in [-0.3, -0.25) is 4.99 Å². The van der Waals surface area contributed by atoms with Crippen LogP contribution in [0.3, 0.4) is 0 Å². The van der Waals surface area contributed by atoms with E-state index in [4.69, 9.17) is 11.6 Å². The molecule has 1 aliphatic rings. The molecule has 5 nitrogen and oxygen atoms in total. The third kappa shape index (κ3) is 5.44. The lowest BCUT2D eigenvalue weighted by atomic mass is 10.2. The molecule has 0 bridgehead atoms. The summed E-state index contributed by atoms with van der Waals surface area (Å²) in [5.41, 5.74) is 0.872. The Balaban J connectivity index is 0.00000243. The second-order valence-corrected chi connectivity index (χ2v) is 6.35. The average molecular weight is 490 g/mol. The van der Waals surface area contributed by atoms with Crippen LogP contribution in [0.2, 0.25) is 5.02 Å². The minimum absolute atomic E-state index is 0. The molecule has 1 aromatic heterocycles. The fourth-order valence-electron chi connectivity index (χ4n) is 2.90. The Bertz CT molecular complexity index is 758. The molecule has 0 amide bonds. The van der Waals surface area contributed by atoms with Gasteiger partial charge in [-0.2, -0.15) is 0 Å². The number of rotatable bonds is 4. The number of anilines is 1. The van der Waals surface area contributed by atoms with Crippen LogP contribution in [0.5, 0.6) is 0 Å². The van der Waals surface area contributed by atoms with Gasteiger partial charge in [0, 0.05) is 38.9 Å². The van der Waals surface area contributed by atoms with E-state index in [1.54, 1.807) is 19.3 Å². The van der Waals surface area contributed by atoms with E-state index in [2.05, 4.69) is 25.5 Å². The summed E-state index contributed by atoms with van der Waals surface area (Å²) in [4.78, 5) is 10.8. The summed E-state index contributed by atoms with van der Waals surface area (Å²) in [5, 5.41) is 7.28. The maximum Gasteiger partial charge on any atom is 0.191 e. The normalized spacial score (nSPS) is 17.0. The van der Waals surface area contributed by atoms with Gasteiger partial charge in [-0.15, -0.1) is 24.0 Å². The fourth-order valence-corrected chi connectivity index (χ4v) is 3.14. The largest absolute Gasteiger partial charge is 0.353 e. The number of hydrogen-bond donors (Lipinski definition) is 2. The summed E-state index contributed by atoms with van der Waals surface area (Å²) in [5.74, 6) is 1.28. The molecule has 0 spiro atoms. The minimum atomic E-state index is -0.235. The Morgan fingerprint density at radius 2 is 2.23 bits per heavy atom. The van der Waals surface area contributed by atoms with E-state index in [0.717, 1.165) is 30.9 Å². The zero-order chi connectivity index (χ0) is 17.6. The lowest BCUT2D eigenvalue weighted by molar-refractivity contribution is 0.623. The van der Waals surface area contributed by atoms with E-state index >= 15 is 0 Å². The van der Waals surface area contributed by atoms with Gasteiger partial charge >= 0.3 is 0 Å². The predicted octanol–water partition coefficient (Wildman–Crippen LogP) is 3.44. The molecular weight excluding hydrogens is 468 g/mol. The molecule has 0 aliphatic carbocycles. The number of guanidine groups is 1. The lowest BCUT2D eigenvalue weighted by Crippen LogP contribution is -2.44. The van der Waals surface area contributed by atoms with E-state index in [9.17, 15) is 4.39 Å². The van der Waals surface area contributed by atoms with Crippen molar-refractivity contribution < 1.29 is 4.39 Å². The summed E-state index contributed by atoms with van der Waals surface area (Å²) in [6, 6.07) is 10.5. The average Bonchev–Trinajstić information content (AvgIpc) is 3.07. The van der Waals surface area contributed by atoms with Gasteiger partial charge in [0.1, 0.15) is 11.6 Å². The first-order chi connectivity index (χ1) is 12.2. The Morgan fingerprint density at radius 3 is 2.96 bits per heavy atom. The molecule has 2 N–H and O–H groups in total. The standard InChI is InChI=1S/C18H21ClFN5.HI/c1-21-18(23-11-13-4-2-5-14(20)10-13)24-15-7-9-25(12-15)17-16(19)6-3-8-22-17;/h2-6,8,10,15H,7,9,11-12H2,1H3,(H2,21,23,24);1H. The van der Waals surface area contributed by atoms with Crippen LogP contribution in [0.15, 0.2) is 47.6 Å². The van der Waals surface area contributed by atoms with Crippen LogP contribution in [0.25, 0.3) is 0 Å². The third-order valence-corrected chi connectivity index (χ3v) is 4.44. The first-order valence-corrected chi connectivity index (χ1v) is 8.60. The topological polar surface area (TPSA) is 52.6 Å². The van der Waals surface area contributed by atoms with Crippen LogP contribution in [-0.2, 0) is 6.54 Å². The number of hydrogen-bond acceptors (Lipinski definition) is 3. The second kappa shape index (κ2) is 9.91. The molecule has 1 atom stereocenters. The van der Waals surface area contributed by atoms with Crippen molar-refractivity contribution in [1.29, 1.82) is 0 Å². The van der Waals surface area contributed by atoms with Gasteiger partial charge in [-0.25, -0.2) is 9.37 Å². The first-order valence-electron chi connectivity index (χ1n) is 8.23. The molecule has 0 radical (unpaired) electrons. The van der Waals surface area contributed by atoms with Gasteiger partial charge in [0.25, 0.3) is 0 Å². The zero-order valence-corrected chi connectivity index (χ0v) is 17.5. The molecule has 1 aromatic carbocycles. The van der Waals surface area contributed by atoms with E-state index in [1.165, 1.54) is 12.1 Å². The number of pyridine rings is 1. The van der Waals surface area contributed by atoms with Crippen molar-refractivity contribution >= 4 is 47.4 Å². The van der Waals surface area contributed by atoms with Gasteiger partial charge in [-0.1, -0.05) is 23.7 Å². The molecule has 1 saturated heterocycles. The van der Waals surface area contributed by atoms with Crippen molar-refractivity contribution in [2.45, 2.75) is 19.0 Å².